The Morgan fingerprint density at radius 3 is 2.52 bits per heavy atom. The van der Waals surface area contributed by atoms with Crippen molar-refractivity contribution in [2.75, 3.05) is 25.0 Å². The van der Waals surface area contributed by atoms with Crippen LogP contribution in [0.4, 0.5) is 10.1 Å². The molecule has 0 saturated carbocycles. The Morgan fingerprint density at radius 2 is 1.86 bits per heavy atom. The van der Waals surface area contributed by atoms with Gasteiger partial charge in [0.1, 0.15) is 5.82 Å². The monoisotopic (exact) mass is 571 g/mol. The molecule has 5 rings (SSSR count). The number of rotatable bonds is 6. The summed E-state index contributed by atoms with van der Waals surface area (Å²) in [5, 5.41) is 3.14. The fourth-order valence-corrected chi connectivity index (χ4v) is 6.56. The number of allylic oxidation sites excluding steroid dienone is 1. The first kappa shape index (κ1) is 29.7. The van der Waals surface area contributed by atoms with Gasteiger partial charge in [0.2, 0.25) is 11.8 Å². The summed E-state index contributed by atoms with van der Waals surface area (Å²) < 4.78 is 15.0. The first-order valence-corrected chi connectivity index (χ1v) is 15.2. The number of anilines is 1. The predicted molar refractivity (Wildman–Crippen MR) is 164 cm³/mol. The SMILES string of the molecule is Cc1cccc(F)c1C(=O)N1CCCC(C(=O)Nc2cccc(C(C)(C)C)c2)[C@@H]1C1C=CC(CN2CCCC2=O)=CC1. The fraction of sp³-hybridized carbons (Fsp3) is 0.457. The largest absolute Gasteiger partial charge is 0.338 e. The molecule has 1 aliphatic carbocycles. The molecule has 2 saturated heterocycles. The van der Waals surface area contributed by atoms with E-state index >= 15 is 0 Å². The molecule has 1 N–H and O–H groups in total. The lowest BCUT2D eigenvalue weighted by molar-refractivity contribution is -0.127. The van der Waals surface area contributed by atoms with Crippen LogP contribution in [0.3, 0.4) is 0 Å². The Morgan fingerprint density at radius 1 is 1.07 bits per heavy atom. The van der Waals surface area contributed by atoms with E-state index in [0.717, 1.165) is 29.8 Å². The highest BCUT2D eigenvalue weighted by Gasteiger charge is 2.43. The highest BCUT2D eigenvalue weighted by molar-refractivity contribution is 5.98. The van der Waals surface area contributed by atoms with Gasteiger partial charge in [-0.25, -0.2) is 4.39 Å². The highest BCUT2D eigenvalue weighted by atomic mass is 19.1. The minimum atomic E-state index is -0.541. The number of piperidine rings is 1. The van der Waals surface area contributed by atoms with Gasteiger partial charge in [-0.05, 0) is 72.9 Å². The number of halogens is 1. The molecular weight excluding hydrogens is 529 g/mol. The molecule has 6 nitrogen and oxygen atoms in total. The normalized spacial score (nSPS) is 22.7. The van der Waals surface area contributed by atoms with Gasteiger partial charge in [-0.1, -0.05) is 63.3 Å². The van der Waals surface area contributed by atoms with E-state index in [2.05, 4.69) is 44.3 Å². The van der Waals surface area contributed by atoms with Crippen molar-refractivity contribution in [2.24, 2.45) is 11.8 Å². The first-order chi connectivity index (χ1) is 20.0. The maximum absolute atomic E-state index is 15.0. The van der Waals surface area contributed by atoms with Crippen LogP contribution in [0, 0.1) is 24.6 Å². The van der Waals surface area contributed by atoms with Crippen LogP contribution in [-0.4, -0.2) is 53.2 Å². The van der Waals surface area contributed by atoms with E-state index in [1.807, 2.05) is 29.2 Å². The van der Waals surface area contributed by atoms with Crippen molar-refractivity contribution in [3.05, 3.63) is 88.8 Å². The smallest absolute Gasteiger partial charge is 0.257 e. The van der Waals surface area contributed by atoms with Crippen LogP contribution in [0.25, 0.3) is 0 Å². The van der Waals surface area contributed by atoms with Crippen LogP contribution >= 0.6 is 0 Å². The first-order valence-electron chi connectivity index (χ1n) is 15.2. The third-order valence-corrected chi connectivity index (χ3v) is 8.91. The molecule has 2 aromatic rings. The Balaban J connectivity index is 1.43. The zero-order chi connectivity index (χ0) is 30.0. The molecule has 3 atom stereocenters. The molecule has 3 amide bonds. The Hall–Kier alpha value is -3.74. The van der Waals surface area contributed by atoms with E-state index < -0.39 is 17.8 Å². The number of benzene rings is 2. The number of hydrogen-bond acceptors (Lipinski definition) is 3. The lowest BCUT2D eigenvalue weighted by Crippen LogP contribution is -2.55. The van der Waals surface area contributed by atoms with Gasteiger partial charge in [-0.15, -0.1) is 0 Å². The van der Waals surface area contributed by atoms with Gasteiger partial charge < -0.3 is 15.1 Å². The molecule has 2 heterocycles. The third kappa shape index (κ3) is 6.35. The predicted octanol–water partition coefficient (Wildman–Crippen LogP) is 6.42. The zero-order valence-electron chi connectivity index (χ0n) is 25.2. The van der Waals surface area contributed by atoms with Crippen LogP contribution in [0.1, 0.15) is 74.4 Å². The van der Waals surface area contributed by atoms with Gasteiger partial charge in [0.15, 0.2) is 0 Å². The molecule has 2 fully saturated rings. The average Bonchev–Trinajstić information content (AvgIpc) is 3.36. The summed E-state index contributed by atoms with van der Waals surface area (Å²) in [5.41, 5.74) is 3.52. The van der Waals surface area contributed by atoms with Crippen molar-refractivity contribution in [1.29, 1.82) is 0 Å². The second-order valence-electron chi connectivity index (χ2n) is 12.9. The van der Waals surface area contributed by atoms with Crippen LogP contribution < -0.4 is 5.32 Å². The second-order valence-corrected chi connectivity index (χ2v) is 12.9. The van der Waals surface area contributed by atoms with Crippen LogP contribution in [0.2, 0.25) is 0 Å². The molecule has 2 aliphatic heterocycles. The van der Waals surface area contributed by atoms with Crippen molar-refractivity contribution >= 4 is 23.4 Å². The lowest BCUT2D eigenvalue weighted by atomic mass is 9.77. The lowest BCUT2D eigenvalue weighted by Gasteiger charge is -2.44. The molecule has 2 unspecified atom stereocenters. The van der Waals surface area contributed by atoms with Crippen molar-refractivity contribution in [3.63, 3.8) is 0 Å². The van der Waals surface area contributed by atoms with Gasteiger partial charge in [0.25, 0.3) is 5.91 Å². The maximum Gasteiger partial charge on any atom is 0.257 e. The van der Waals surface area contributed by atoms with E-state index in [0.29, 0.717) is 44.3 Å². The van der Waals surface area contributed by atoms with E-state index in [1.54, 1.807) is 24.0 Å². The van der Waals surface area contributed by atoms with Gasteiger partial charge >= 0.3 is 0 Å². The summed E-state index contributed by atoms with van der Waals surface area (Å²) in [6, 6.07) is 12.2. The summed E-state index contributed by atoms with van der Waals surface area (Å²) in [6.45, 7) is 9.97. The van der Waals surface area contributed by atoms with E-state index in [1.165, 1.54) is 6.07 Å². The van der Waals surface area contributed by atoms with Crippen LogP contribution in [0.15, 0.2) is 66.3 Å². The molecule has 0 aromatic heterocycles. The van der Waals surface area contributed by atoms with E-state index in [-0.39, 0.29) is 34.6 Å². The van der Waals surface area contributed by atoms with Gasteiger partial charge in [-0.2, -0.15) is 0 Å². The Kier molecular flexibility index (Phi) is 8.67. The molecule has 3 aliphatic rings. The molecular formula is C35H42FN3O3. The molecule has 42 heavy (non-hydrogen) atoms. The minimum Gasteiger partial charge on any atom is -0.338 e. The summed E-state index contributed by atoms with van der Waals surface area (Å²) in [5.74, 6) is -1.42. The van der Waals surface area contributed by atoms with Crippen molar-refractivity contribution in [3.8, 4) is 0 Å². The fourth-order valence-electron chi connectivity index (χ4n) is 6.56. The Labute approximate surface area is 248 Å². The number of likely N-dealkylation sites (tertiary alicyclic amines) is 2. The number of nitrogens with one attached hydrogen (secondary N) is 1. The third-order valence-electron chi connectivity index (χ3n) is 8.91. The van der Waals surface area contributed by atoms with Gasteiger partial charge in [0, 0.05) is 37.7 Å². The Bertz CT molecular complexity index is 1400. The molecule has 0 spiro atoms. The number of carbonyl (C=O) groups excluding carboxylic acids is 3. The molecule has 0 radical (unpaired) electrons. The minimum absolute atomic E-state index is 0.0639. The van der Waals surface area contributed by atoms with Gasteiger partial charge in [-0.3, -0.25) is 14.4 Å². The summed E-state index contributed by atoms with van der Waals surface area (Å²) in [6.07, 6.45) is 9.68. The zero-order valence-corrected chi connectivity index (χ0v) is 25.2. The number of carbonyl (C=O) groups is 3. The standard InChI is InChI=1S/C35H42FN3O3/c1-23-9-5-13-29(36)31(23)34(42)39-20-7-12-28(33(41)37-27-11-6-10-26(21-27)35(2,3)4)32(39)25-17-15-24(16-18-25)22-38-19-8-14-30(38)40/h5-6,9-11,13,15-17,21,25,28,32H,7-8,12,14,18-20,22H2,1-4H3,(H,37,41)/t25?,28?,32-/m0/s1. The molecule has 0 bridgehead atoms. The van der Waals surface area contributed by atoms with Gasteiger partial charge in [0.05, 0.1) is 17.5 Å². The number of amides is 3. The summed E-state index contributed by atoms with van der Waals surface area (Å²) in [7, 11) is 0. The van der Waals surface area contributed by atoms with E-state index in [9.17, 15) is 18.8 Å². The van der Waals surface area contributed by atoms with Crippen molar-refractivity contribution in [2.45, 2.75) is 71.3 Å². The van der Waals surface area contributed by atoms with Crippen LogP contribution in [-0.2, 0) is 15.0 Å². The topological polar surface area (TPSA) is 69.7 Å². The van der Waals surface area contributed by atoms with Crippen LogP contribution in [0.5, 0.6) is 0 Å². The molecule has 222 valence electrons. The second kappa shape index (κ2) is 12.2. The number of aryl methyl sites for hydroxylation is 1. The average molecular weight is 572 g/mol. The van der Waals surface area contributed by atoms with Crippen molar-refractivity contribution < 1.29 is 18.8 Å². The van der Waals surface area contributed by atoms with E-state index in [4.69, 9.17) is 0 Å². The summed E-state index contributed by atoms with van der Waals surface area (Å²) in [4.78, 5) is 43.7. The quantitative estimate of drug-likeness (QED) is 0.435. The number of nitrogens with zero attached hydrogens (tertiary/aromatic N) is 2. The molecule has 2 aromatic carbocycles. The highest BCUT2D eigenvalue weighted by Crippen LogP contribution is 2.36. The molecule has 7 heteroatoms. The van der Waals surface area contributed by atoms with Crippen molar-refractivity contribution in [1.82, 2.24) is 9.80 Å². The maximum atomic E-state index is 15.0. The number of hydrogen-bond donors (Lipinski definition) is 1. The summed E-state index contributed by atoms with van der Waals surface area (Å²) >= 11 is 0.